The Morgan fingerprint density at radius 2 is 1.54 bits per heavy atom. The van der Waals surface area contributed by atoms with E-state index in [1.54, 1.807) is 0 Å². The number of pyridine rings is 1. The first-order valence-electron chi connectivity index (χ1n) is 16.4. The Hall–Kier alpha value is -4.95. The second kappa shape index (κ2) is 12.8. The summed E-state index contributed by atoms with van der Waals surface area (Å²) in [6.45, 7) is 17.4. The number of nitrogens with zero attached hydrogens (tertiary/aromatic N) is 2. The predicted molar refractivity (Wildman–Crippen MR) is 200 cm³/mol. The molecule has 6 rings (SSSR count). The topological polar surface area (TPSA) is 16.1 Å². The van der Waals surface area contributed by atoms with Gasteiger partial charge in [0.05, 0.1) is 11.0 Å². The Kier molecular flexibility index (Phi) is 8.65. The highest BCUT2D eigenvalue weighted by molar-refractivity contribution is 5.96. The lowest BCUT2D eigenvalue weighted by molar-refractivity contribution is 0.652. The number of hydrogen-bond donors (Lipinski definition) is 0. The second-order valence-corrected chi connectivity index (χ2v) is 12.7. The van der Waals surface area contributed by atoms with Gasteiger partial charge in [0.2, 0.25) is 0 Å². The van der Waals surface area contributed by atoms with Gasteiger partial charge in [0.25, 0.3) is 0 Å². The first-order valence-corrected chi connectivity index (χ1v) is 16.4. The largest absolute Gasteiger partial charge is 0.335 e. The molecule has 0 saturated heterocycles. The van der Waals surface area contributed by atoms with Gasteiger partial charge in [-0.1, -0.05) is 117 Å². The first-order chi connectivity index (χ1) is 22.3. The van der Waals surface area contributed by atoms with Crippen molar-refractivity contribution >= 4 is 39.9 Å². The number of aromatic nitrogens is 1. The minimum absolute atomic E-state index is 0.0803. The maximum absolute atomic E-state index is 5.25. The average molecular weight is 601 g/mol. The van der Waals surface area contributed by atoms with E-state index in [9.17, 15) is 0 Å². The molecule has 0 amide bonds. The quantitative estimate of drug-likeness (QED) is 0.173. The molecular formula is C44H44N2. The number of allylic oxidation sites excluding steroid dienone is 4. The van der Waals surface area contributed by atoms with Gasteiger partial charge in [-0.15, -0.1) is 6.58 Å². The number of hydrogen-bond acceptors (Lipinski definition) is 2. The molecule has 0 fully saturated rings. The summed E-state index contributed by atoms with van der Waals surface area (Å²) in [5.41, 5.74) is 11.1. The predicted octanol–water partition coefficient (Wildman–Crippen LogP) is 10.2. The Morgan fingerprint density at radius 1 is 0.848 bits per heavy atom. The smallest absolute Gasteiger partial charge is 0.0788 e. The molecule has 1 atom stereocenters. The van der Waals surface area contributed by atoms with Crippen LogP contribution in [0.3, 0.4) is 0 Å². The van der Waals surface area contributed by atoms with Gasteiger partial charge >= 0.3 is 0 Å². The van der Waals surface area contributed by atoms with E-state index in [1.165, 1.54) is 55.2 Å². The van der Waals surface area contributed by atoms with Gasteiger partial charge in [-0.2, -0.15) is 0 Å². The zero-order chi connectivity index (χ0) is 32.4. The highest BCUT2D eigenvalue weighted by atomic mass is 15.2. The molecule has 5 aromatic rings. The van der Waals surface area contributed by atoms with Crippen LogP contribution >= 0.6 is 0 Å². The van der Waals surface area contributed by atoms with Crippen LogP contribution in [0.4, 0.5) is 11.4 Å². The molecule has 2 heteroatoms. The molecule has 1 unspecified atom stereocenters. The van der Waals surface area contributed by atoms with E-state index in [0.29, 0.717) is 0 Å². The summed E-state index contributed by atoms with van der Waals surface area (Å²) in [5.74, 6) is 0. The Morgan fingerprint density at radius 3 is 2.24 bits per heavy atom. The van der Waals surface area contributed by atoms with Crippen LogP contribution in [0, 0.1) is 6.92 Å². The summed E-state index contributed by atoms with van der Waals surface area (Å²) in [5, 5.41) is 4.56. The van der Waals surface area contributed by atoms with Crippen molar-refractivity contribution in [2.45, 2.75) is 59.4 Å². The van der Waals surface area contributed by atoms with Crippen LogP contribution in [0.25, 0.3) is 39.8 Å². The standard InChI is InChI=1S/C44H44N2/c1-8-11-25-41-35(10-3)36-21-15-16-23-38(36)43(45-41)32-26-27-42(30(4)28-32)46(33-19-13-12-14-20-33)31(5)29-40-34(9-2)37-22-17-18-24-39(37)44(40,6)7/h8-10,12-29,31H,1,11H2,2-7H3/b34-9-,35-10-,40-29?,41-25+. The van der Waals surface area contributed by atoms with Crippen LogP contribution in [0.5, 0.6) is 0 Å². The summed E-state index contributed by atoms with van der Waals surface area (Å²) in [7, 11) is 0. The highest BCUT2D eigenvalue weighted by Gasteiger charge is 2.38. The van der Waals surface area contributed by atoms with Gasteiger partial charge in [0.15, 0.2) is 0 Å². The summed E-state index contributed by atoms with van der Waals surface area (Å²) >= 11 is 0. The molecule has 0 N–H and O–H groups in total. The normalized spacial score (nSPS) is 17.1. The lowest BCUT2D eigenvalue weighted by Crippen LogP contribution is -2.30. The third-order valence-corrected chi connectivity index (χ3v) is 9.47. The van der Waals surface area contributed by atoms with Gasteiger partial charge in [0.1, 0.15) is 0 Å². The van der Waals surface area contributed by atoms with E-state index >= 15 is 0 Å². The average Bonchev–Trinajstić information content (AvgIpc) is 3.29. The molecule has 1 heterocycles. The molecule has 1 aromatic heterocycles. The summed E-state index contributed by atoms with van der Waals surface area (Å²) < 4.78 is 0. The Balaban J connectivity index is 1.49. The number of aryl methyl sites for hydroxylation is 1. The van der Waals surface area contributed by atoms with E-state index in [-0.39, 0.29) is 11.5 Å². The van der Waals surface area contributed by atoms with Gasteiger partial charge in [-0.25, -0.2) is 4.98 Å². The van der Waals surface area contributed by atoms with Crippen LogP contribution in [-0.4, -0.2) is 11.0 Å². The van der Waals surface area contributed by atoms with E-state index in [4.69, 9.17) is 4.98 Å². The van der Waals surface area contributed by atoms with Crippen LogP contribution in [0.15, 0.2) is 127 Å². The molecule has 0 bridgehead atoms. The first kappa shape index (κ1) is 31.0. The maximum Gasteiger partial charge on any atom is 0.0788 e. The van der Waals surface area contributed by atoms with Crippen LogP contribution in [0.2, 0.25) is 0 Å². The molecule has 0 radical (unpaired) electrons. The van der Waals surface area contributed by atoms with E-state index in [0.717, 1.165) is 23.0 Å². The minimum Gasteiger partial charge on any atom is -0.335 e. The van der Waals surface area contributed by atoms with Crippen molar-refractivity contribution in [3.63, 3.8) is 0 Å². The van der Waals surface area contributed by atoms with Gasteiger partial charge in [-0.3, -0.25) is 0 Å². The van der Waals surface area contributed by atoms with E-state index < -0.39 is 0 Å². The molecule has 230 valence electrons. The number of anilines is 2. The fraction of sp³-hybridized carbons (Fsp3) is 0.205. The van der Waals surface area contributed by atoms with Crippen molar-refractivity contribution in [2.24, 2.45) is 0 Å². The SMILES string of the molecule is C=CC/C=c1/nc(-c2ccc(N(c3ccccc3)C(C)C=C3/C(=C\C)c4ccccc4C3(C)C)c(C)c2)c2ccccc2/c1=C/C. The maximum atomic E-state index is 5.25. The molecule has 0 saturated carbocycles. The molecular weight excluding hydrogens is 556 g/mol. The zero-order valence-corrected chi connectivity index (χ0v) is 28.0. The van der Waals surface area contributed by atoms with Gasteiger partial charge < -0.3 is 4.90 Å². The summed E-state index contributed by atoms with van der Waals surface area (Å²) in [6.07, 6.45) is 11.8. The molecule has 46 heavy (non-hydrogen) atoms. The van der Waals surface area contributed by atoms with Crippen molar-refractivity contribution < 1.29 is 0 Å². The molecule has 4 aromatic carbocycles. The Labute approximate surface area is 274 Å². The lowest BCUT2D eigenvalue weighted by Gasteiger charge is -2.33. The number of benzene rings is 4. The van der Waals surface area contributed by atoms with E-state index in [1.807, 2.05) is 6.08 Å². The molecule has 2 nitrogen and oxygen atoms in total. The molecule has 1 aliphatic rings. The Bertz CT molecular complexity index is 2110. The van der Waals surface area contributed by atoms with Crippen molar-refractivity contribution in [3.8, 4) is 11.3 Å². The zero-order valence-electron chi connectivity index (χ0n) is 28.0. The molecule has 0 spiro atoms. The summed E-state index contributed by atoms with van der Waals surface area (Å²) in [4.78, 5) is 7.72. The van der Waals surface area contributed by atoms with Crippen molar-refractivity contribution in [1.29, 1.82) is 0 Å². The third-order valence-electron chi connectivity index (χ3n) is 9.47. The monoisotopic (exact) mass is 600 g/mol. The fourth-order valence-electron chi connectivity index (χ4n) is 7.25. The van der Waals surface area contributed by atoms with Crippen LogP contribution in [0.1, 0.15) is 57.7 Å². The highest BCUT2D eigenvalue weighted by Crippen LogP contribution is 2.50. The molecule has 0 aliphatic heterocycles. The van der Waals surface area contributed by atoms with E-state index in [2.05, 4.69) is 174 Å². The van der Waals surface area contributed by atoms with Gasteiger partial charge in [-0.05, 0) is 91.6 Å². The number of para-hydroxylation sites is 1. The molecule has 1 aliphatic carbocycles. The lowest BCUT2D eigenvalue weighted by atomic mass is 9.81. The van der Waals surface area contributed by atoms with Crippen molar-refractivity contribution in [2.75, 3.05) is 4.90 Å². The third kappa shape index (κ3) is 5.43. The van der Waals surface area contributed by atoms with Crippen molar-refractivity contribution in [1.82, 2.24) is 4.98 Å². The second-order valence-electron chi connectivity index (χ2n) is 12.7. The number of fused-ring (bicyclic) bond motifs is 2. The summed E-state index contributed by atoms with van der Waals surface area (Å²) in [6, 6.07) is 35.2. The van der Waals surface area contributed by atoms with Crippen LogP contribution in [-0.2, 0) is 5.41 Å². The van der Waals surface area contributed by atoms with Crippen LogP contribution < -0.4 is 15.5 Å². The van der Waals surface area contributed by atoms with Crippen molar-refractivity contribution in [3.05, 3.63) is 155 Å². The van der Waals surface area contributed by atoms with Gasteiger partial charge in [0, 0.05) is 39.0 Å². The fourth-order valence-corrected chi connectivity index (χ4v) is 7.25. The minimum atomic E-state index is -0.0803. The number of rotatable bonds is 7.